The second-order valence-corrected chi connectivity index (χ2v) is 5.93. The Morgan fingerprint density at radius 3 is 2.43 bits per heavy atom. The molecule has 1 saturated carbocycles. The van der Waals surface area contributed by atoms with Crippen LogP contribution in [0.25, 0.3) is 0 Å². The molecule has 1 fully saturated rings. The third kappa shape index (κ3) is 4.06. The number of nitrogens with one attached hydrogen (secondary N) is 2. The first kappa shape index (κ1) is 15.5. The summed E-state index contributed by atoms with van der Waals surface area (Å²) in [6.07, 6.45) is 5.52. The first-order valence-electron chi connectivity index (χ1n) is 8.25. The summed E-state index contributed by atoms with van der Waals surface area (Å²) in [5.74, 6) is 0.495. The molecule has 5 heteroatoms. The minimum atomic E-state index is -0.136. The summed E-state index contributed by atoms with van der Waals surface area (Å²) in [6.45, 7) is 2.13. The summed E-state index contributed by atoms with van der Waals surface area (Å²) >= 11 is 0. The molecule has 1 aliphatic rings. The topological polar surface area (TPSA) is 66.9 Å². The lowest BCUT2D eigenvalue weighted by Gasteiger charge is -2.11. The largest absolute Gasteiger partial charge is 0.348 e. The molecule has 2 N–H and O–H groups in total. The maximum atomic E-state index is 12.1. The van der Waals surface area contributed by atoms with Crippen LogP contribution in [0.15, 0.2) is 36.4 Å². The van der Waals surface area contributed by atoms with Crippen LogP contribution in [0.2, 0.25) is 0 Å². The lowest BCUT2D eigenvalue weighted by Crippen LogP contribution is -2.33. The lowest BCUT2D eigenvalue weighted by atomic mass is 10.1. The number of hydrogen-bond donors (Lipinski definition) is 2. The summed E-state index contributed by atoms with van der Waals surface area (Å²) in [4.78, 5) is 12.1. The van der Waals surface area contributed by atoms with E-state index in [0.717, 1.165) is 24.9 Å². The predicted molar refractivity (Wildman–Crippen MR) is 90.9 cm³/mol. The summed E-state index contributed by atoms with van der Waals surface area (Å²) in [6, 6.07) is 12.0. The van der Waals surface area contributed by atoms with Crippen molar-refractivity contribution in [1.82, 2.24) is 15.5 Å². The molecule has 0 atom stereocenters. The monoisotopic (exact) mass is 310 g/mol. The number of aryl methyl sites for hydroxylation is 1. The van der Waals surface area contributed by atoms with E-state index in [1.165, 1.54) is 18.4 Å². The third-order valence-corrected chi connectivity index (χ3v) is 4.22. The Morgan fingerprint density at radius 2 is 1.83 bits per heavy atom. The highest BCUT2D eigenvalue weighted by molar-refractivity contribution is 5.92. The summed E-state index contributed by atoms with van der Waals surface area (Å²) in [7, 11) is 0. The normalized spacial score (nSPS) is 14.7. The van der Waals surface area contributed by atoms with Crippen molar-refractivity contribution in [1.29, 1.82) is 0 Å². The van der Waals surface area contributed by atoms with Crippen molar-refractivity contribution >= 4 is 17.4 Å². The van der Waals surface area contributed by atoms with Gasteiger partial charge in [0, 0.05) is 11.7 Å². The highest BCUT2D eigenvalue weighted by atomic mass is 16.2. The van der Waals surface area contributed by atoms with E-state index in [4.69, 9.17) is 0 Å². The number of carbonyl (C=O) groups is 1. The molecule has 0 aliphatic heterocycles. The van der Waals surface area contributed by atoms with Gasteiger partial charge < -0.3 is 10.6 Å². The smallest absolute Gasteiger partial charge is 0.272 e. The van der Waals surface area contributed by atoms with Crippen molar-refractivity contribution < 1.29 is 4.79 Å². The van der Waals surface area contributed by atoms with Crippen molar-refractivity contribution in [3.63, 3.8) is 0 Å². The maximum absolute atomic E-state index is 12.1. The van der Waals surface area contributed by atoms with E-state index in [1.54, 1.807) is 12.1 Å². The van der Waals surface area contributed by atoms with Crippen LogP contribution in [0.1, 0.15) is 48.7 Å². The van der Waals surface area contributed by atoms with E-state index in [2.05, 4.69) is 39.9 Å². The van der Waals surface area contributed by atoms with Crippen molar-refractivity contribution in [2.75, 3.05) is 5.32 Å². The van der Waals surface area contributed by atoms with Gasteiger partial charge in [0.1, 0.15) is 0 Å². The number of amides is 1. The fourth-order valence-corrected chi connectivity index (χ4v) is 2.82. The molecule has 0 spiro atoms. The average molecular weight is 310 g/mol. The van der Waals surface area contributed by atoms with Gasteiger partial charge in [0.15, 0.2) is 11.5 Å². The molecular formula is C18H22N4O. The SMILES string of the molecule is CCc1ccc(Nc2ccc(C(=O)NC3CCCC3)nn2)cc1. The van der Waals surface area contributed by atoms with Crippen LogP contribution >= 0.6 is 0 Å². The van der Waals surface area contributed by atoms with Gasteiger partial charge in [-0.15, -0.1) is 10.2 Å². The summed E-state index contributed by atoms with van der Waals surface area (Å²) in [5, 5.41) is 14.3. The minimum absolute atomic E-state index is 0.136. The molecule has 1 aromatic carbocycles. The van der Waals surface area contributed by atoms with Crippen LogP contribution in [0.3, 0.4) is 0 Å². The highest BCUT2D eigenvalue weighted by Gasteiger charge is 2.18. The zero-order valence-electron chi connectivity index (χ0n) is 13.4. The molecule has 23 heavy (non-hydrogen) atoms. The Balaban J connectivity index is 1.60. The Labute approximate surface area is 136 Å². The van der Waals surface area contributed by atoms with Crippen LogP contribution in [-0.2, 0) is 6.42 Å². The fraction of sp³-hybridized carbons (Fsp3) is 0.389. The zero-order chi connectivity index (χ0) is 16.1. The van der Waals surface area contributed by atoms with E-state index < -0.39 is 0 Å². The Hall–Kier alpha value is -2.43. The maximum Gasteiger partial charge on any atom is 0.272 e. The number of nitrogens with zero attached hydrogens (tertiary/aromatic N) is 2. The molecule has 0 radical (unpaired) electrons. The standard InChI is InChI=1S/C18H22N4O/c1-2-13-7-9-15(10-8-13)19-17-12-11-16(21-22-17)18(23)20-14-5-3-4-6-14/h7-12,14H,2-6H2,1H3,(H,19,22)(H,20,23). The predicted octanol–water partition coefficient (Wildman–Crippen LogP) is 3.46. The Bertz CT molecular complexity index is 646. The molecule has 1 heterocycles. The molecular weight excluding hydrogens is 288 g/mol. The van der Waals surface area contributed by atoms with Gasteiger partial charge in [-0.2, -0.15) is 0 Å². The zero-order valence-corrected chi connectivity index (χ0v) is 13.4. The van der Waals surface area contributed by atoms with Gasteiger partial charge in [-0.25, -0.2) is 0 Å². The van der Waals surface area contributed by atoms with Crippen LogP contribution in [0.4, 0.5) is 11.5 Å². The van der Waals surface area contributed by atoms with Crippen LogP contribution in [0.5, 0.6) is 0 Å². The number of anilines is 2. The minimum Gasteiger partial charge on any atom is -0.348 e. The second kappa shape index (κ2) is 7.22. The first-order chi connectivity index (χ1) is 11.2. The molecule has 120 valence electrons. The van der Waals surface area contributed by atoms with Crippen LogP contribution in [0, 0.1) is 0 Å². The number of benzene rings is 1. The van der Waals surface area contributed by atoms with Crippen LogP contribution < -0.4 is 10.6 Å². The molecule has 2 aromatic rings. The summed E-state index contributed by atoms with van der Waals surface area (Å²) < 4.78 is 0. The Kier molecular flexibility index (Phi) is 4.86. The average Bonchev–Trinajstić information content (AvgIpc) is 3.09. The van der Waals surface area contributed by atoms with Crippen molar-refractivity contribution in [3.05, 3.63) is 47.7 Å². The van der Waals surface area contributed by atoms with Gasteiger partial charge in [0.25, 0.3) is 5.91 Å². The third-order valence-electron chi connectivity index (χ3n) is 4.22. The van der Waals surface area contributed by atoms with Crippen LogP contribution in [-0.4, -0.2) is 22.1 Å². The fourth-order valence-electron chi connectivity index (χ4n) is 2.82. The first-order valence-corrected chi connectivity index (χ1v) is 8.25. The van der Waals surface area contributed by atoms with E-state index in [1.807, 2.05) is 12.1 Å². The Morgan fingerprint density at radius 1 is 1.09 bits per heavy atom. The van der Waals surface area contributed by atoms with Crippen molar-refractivity contribution in [3.8, 4) is 0 Å². The molecule has 1 amide bonds. The molecule has 0 bridgehead atoms. The molecule has 1 aliphatic carbocycles. The number of aromatic nitrogens is 2. The van der Waals surface area contributed by atoms with E-state index in [-0.39, 0.29) is 5.91 Å². The molecule has 0 unspecified atom stereocenters. The summed E-state index contributed by atoms with van der Waals surface area (Å²) in [5.41, 5.74) is 2.61. The van der Waals surface area contributed by atoms with Crippen molar-refractivity contribution in [2.45, 2.75) is 45.1 Å². The van der Waals surface area contributed by atoms with Gasteiger partial charge in [-0.1, -0.05) is 31.9 Å². The lowest BCUT2D eigenvalue weighted by molar-refractivity contribution is 0.0932. The van der Waals surface area contributed by atoms with E-state index in [0.29, 0.717) is 17.6 Å². The van der Waals surface area contributed by atoms with Gasteiger partial charge in [0.05, 0.1) is 0 Å². The van der Waals surface area contributed by atoms with Gasteiger partial charge in [-0.05, 0) is 49.1 Å². The number of rotatable bonds is 5. The van der Waals surface area contributed by atoms with Gasteiger partial charge in [-0.3, -0.25) is 4.79 Å². The highest BCUT2D eigenvalue weighted by Crippen LogP contribution is 2.18. The molecule has 1 aromatic heterocycles. The quantitative estimate of drug-likeness (QED) is 0.887. The van der Waals surface area contributed by atoms with Gasteiger partial charge >= 0.3 is 0 Å². The molecule has 0 saturated heterocycles. The molecule has 5 nitrogen and oxygen atoms in total. The number of carbonyl (C=O) groups excluding carboxylic acids is 1. The van der Waals surface area contributed by atoms with E-state index in [9.17, 15) is 4.79 Å². The molecule has 3 rings (SSSR count). The number of hydrogen-bond acceptors (Lipinski definition) is 4. The van der Waals surface area contributed by atoms with Crippen molar-refractivity contribution in [2.24, 2.45) is 0 Å². The van der Waals surface area contributed by atoms with Gasteiger partial charge in [0.2, 0.25) is 0 Å². The second-order valence-electron chi connectivity index (χ2n) is 5.93. The van der Waals surface area contributed by atoms with E-state index >= 15 is 0 Å².